The molecule has 0 bridgehead atoms. The molecule has 7 nitrogen and oxygen atoms in total. The predicted octanol–water partition coefficient (Wildman–Crippen LogP) is 4.98. The van der Waals surface area contributed by atoms with Crippen molar-refractivity contribution >= 4 is 22.5 Å². The summed E-state index contributed by atoms with van der Waals surface area (Å²) in [5.41, 5.74) is 4.87. The van der Waals surface area contributed by atoms with E-state index in [2.05, 4.69) is 21.5 Å². The molecule has 0 unspecified atom stereocenters. The number of anilines is 1. The van der Waals surface area contributed by atoms with E-state index in [0.717, 1.165) is 27.8 Å². The first-order valence-electron chi connectivity index (χ1n) is 10.3. The zero-order valence-electron chi connectivity index (χ0n) is 18.4. The molecule has 4 aromatic rings. The zero-order chi connectivity index (χ0) is 22.8. The summed E-state index contributed by atoms with van der Waals surface area (Å²) in [6.45, 7) is 5.84. The lowest BCUT2D eigenvalue weighted by atomic mass is 9.92. The molecule has 0 atom stereocenters. The molecule has 0 saturated carbocycles. The van der Waals surface area contributed by atoms with Crippen LogP contribution >= 0.6 is 0 Å². The predicted molar refractivity (Wildman–Crippen MR) is 123 cm³/mol. The summed E-state index contributed by atoms with van der Waals surface area (Å²) in [5.74, 6) is 0.296. The van der Waals surface area contributed by atoms with Crippen molar-refractivity contribution in [2.24, 2.45) is 0 Å². The molecule has 7 heteroatoms. The maximum absolute atomic E-state index is 13.1. The van der Waals surface area contributed by atoms with Crippen molar-refractivity contribution in [2.75, 3.05) is 12.4 Å². The van der Waals surface area contributed by atoms with Crippen LogP contribution in [0.15, 0.2) is 54.7 Å². The Bertz CT molecular complexity index is 1360. The van der Waals surface area contributed by atoms with E-state index in [0.29, 0.717) is 22.7 Å². The van der Waals surface area contributed by atoms with E-state index in [-0.39, 0.29) is 11.8 Å². The normalized spacial score (nSPS) is 10.9. The summed E-state index contributed by atoms with van der Waals surface area (Å²) in [4.78, 5) is 17.4. The number of aryl methyl sites for hydroxylation is 1. The number of nitriles is 1. The first-order chi connectivity index (χ1) is 15.4. The fourth-order valence-corrected chi connectivity index (χ4v) is 3.83. The summed E-state index contributed by atoms with van der Waals surface area (Å²) in [7, 11) is 1.58. The first kappa shape index (κ1) is 21.1. The summed E-state index contributed by atoms with van der Waals surface area (Å²) < 4.78 is 7.08. The smallest absolute Gasteiger partial charge is 0.255 e. The maximum atomic E-state index is 13.1. The first-order valence-corrected chi connectivity index (χ1v) is 10.3. The molecule has 0 aliphatic heterocycles. The number of nitrogens with zero attached hydrogens (tertiary/aromatic N) is 4. The van der Waals surface area contributed by atoms with Crippen LogP contribution in [-0.2, 0) is 0 Å². The number of carbonyl (C=O) groups excluding carboxylic acids is 1. The number of ether oxygens (including phenoxy) is 1. The molecule has 2 aromatic heterocycles. The van der Waals surface area contributed by atoms with Gasteiger partial charge >= 0.3 is 0 Å². The van der Waals surface area contributed by atoms with Crippen molar-refractivity contribution < 1.29 is 9.53 Å². The highest BCUT2D eigenvalue weighted by atomic mass is 16.5. The van der Waals surface area contributed by atoms with Gasteiger partial charge in [-0.15, -0.1) is 0 Å². The number of nitrogens with one attached hydrogen (secondary N) is 1. The molecule has 0 saturated heterocycles. The highest BCUT2D eigenvalue weighted by molar-refractivity contribution is 6.06. The van der Waals surface area contributed by atoms with Crippen molar-refractivity contribution in [1.29, 1.82) is 5.26 Å². The number of fused-ring (bicyclic) bond motifs is 1. The topological polar surface area (TPSA) is 92.8 Å². The molecule has 2 heterocycles. The van der Waals surface area contributed by atoms with Gasteiger partial charge in [-0.25, -0.2) is 9.67 Å². The highest BCUT2D eigenvalue weighted by Crippen LogP contribution is 2.27. The SMILES string of the molecule is COc1cc(-n2ncc3ccc(NC(=O)c4cccc(C#N)c4C(C)C)cc32)cc(C)n1. The average Bonchev–Trinajstić information content (AvgIpc) is 3.21. The Balaban J connectivity index is 1.72. The lowest BCUT2D eigenvalue weighted by Crippen LogP contribution is -2.16. The molecular formula is C25H23N5O2. The summed E-state index contributed by atoms with van der Waals surface area (Å²) >= 11 is 0. The van der Waals surface area contributed by atoms with Crippen LogP contribution in [0.25, 0.3) is 16.6 Å². The van der Waals surface area contributed by atoms with Gasteiger partial charge in [-0.2, -0.15) is 10.4 Å². The number of hydrogen-bond acceptors (Lipinski definition) is 5. The van der Waals surface area contributed by atoms with Gasteiger partial charge < -0.3 is 10.1 Å². The van der Waals surface area contributed by atoms with Gasteiger partial charge in [-0.05, 0) is 54.8 Å². The number of pyridine rings is 1. The fourth-order valence-electron chi connectivity index (χ4n) is 3.83. The van der Waals surface area contributed by atoms with Crippen LogP contribution < -0.4 is 10.1 Å². The Morgan fingerprint density at radius 3 is 2.72 bits per heavy atom. The molecule has 2 aromatic carbocycles. The second kappa shape index (κ2) is 8.52. The van der Waals surface area contributed by atoms with Crippen molar-refractivity contribution in [1.82, 2.24) is 14.8 Å². The van der Waals surface area contributed by atoms with Gasteiger partial charge in [0.25, 0.3) is 5.91 Å². The molecular weight excluding hydrogens is 402 g/mol. The number of methoxy groups -OCH3 is 1. The van der Waals surface area contributed by atoms with Crippen LogP contribution in [0.3, 0.4) is 0 Å². The summed E-state index contributed by atoms with van der Waals surface area (Å²) in [5, 5.41) is 17.9. The van der Waals surface area contributed by atoms with E-state index in [1.54, 1.807) is 36.2 Å². The minimum absolute atomic E-state index is 0.0421. The van der Waals surface area contributed by atoms with Gasteiger partial charge in [0.05, 0.1) is 36.1 Å². The van der Waals surface area contributed by atoms with E-state index in [9.17, 15) is 10.1 Å². The van der Waals surface area contributed by atoms with Gasteiger partial charge in [0.15, 0.2) is 0 Å². The van der Waals surface area contributed by atoms with Crippen LogP contribution in [0.4, 0.5) is 5.69 Å². The minimum atomic E-state index is -0.252. The van der Waals surface area contributed by atoms with E-state index in [1.165, 1.54) is 0 Å². The Labute approximate surface area is 186 Å². The molecule has 32 heavy (non-hydrogen) atoms. The third-order valence-electron chi connectivity index (χ3n) is 5.25. The molecule has 1 amide bonds. The van der Waals surface area contributed by atoms with Crippen molar-refractivity contribution in [3.63, 3.8) is 0 Å². The van der Waals surface area contributed by atoms with Crippen molar-refractivity contribution in [3.8, 4) is 17.6 Å². The molecule has 0 radical (unpaired) electrons. The second-order valence-electron chi connectivity index (χ2n) is 7.83. The van der Waals surface area contributed by atoms with Crippen LogP contribution in [0, 0.1) is 18.3 Å². The number of rotatable bonds is 5. The van der Waals surface area contributed by atoms with Crippen molar-refractivity contribution in [3.05, 3.63) is 77.1 Å². The summed E-state index contributed by atoms with van der Waals surface area (Å²) in [6.07, 6.45) is 1.77. The third-order valence-corrected chi connectivity index (χ3v) is 5.25. The van der Waals surface area contributed by atoms with Crippen molar-refractivity contribution in [2.45, 2.75) is 26.7 Å². The lowest BCUT2D eigenvalue weighted by molar-refractivity contribution is 0.102. The van der Waals surface area contributed by atoms with E-state index in [4.69, 9.17) is 4.74 Å². The standard InChI is InChI=1S/C25H23N5O2/c1-15(2)24-17(13-26)6-5-7-21(24)25(31)29-19-9-8-18-14-27-30(22(18)11-19)20-10-16(3)28-23(12-20)32-4/h5-12,14-15H,1-4H3,(H,29,31). The number of hydrogen-bond donors (Lipinski definition) is 1. The fraction of sp³-hybridized carbons (Fsp3) is 0.200. The maximum Gasteiger partial charge on any atom is 0.255 e. The molecule has 1 N–H and O–H groups in total. The molecule has 0 fully saturated rings. The Morgan fingerprint density at radius 2 is 2.00 bits per heavy atom. The summed E-state index contributed by atoms with van der Waals surface area (Å²) in [6, 6.07) is 16.8. The van der Waals surface area contributed by atoms with Gasteiger partial charge in [-0.1, -0.05) is 19.9 Å². The minimum Gasteiger partial charge on any atom is -0.481 e. The molecule has 160 valence electrons. The number of benzene rings is 2. The number of aromatic nitrogens is 3. The molecule has 0 aliphatic rings. The molecule has 4 rings (SSSR count). The quantitative estimate of drug-likeness (QED) is 0.486. The van der Waals surface area contributed by atoms with Gasteiger partial charge in [0.1, 0.15) is 0 Å². The van der Waals surface area contributed by atoms with Gasteiger partial charge in [0.2, 0.25) is 5.88 Å². The Morgan fingerprint density at radius 1 is 1.19 bits per heavy atom. The third kappa shape index (κ3) is 3.91. The molecule has 0 aliphatic carbocycles. The number of amides is 1. The lowest BCUT2D eigenvalue weighted by Gasteiger charge is -2.14. The molecule has 0 spiro atoms. The van der Waals surface area contributed by atoms with Crippen LogP contribution in [-0.4, -0.2) is 27.8 Å². The van der Waals surface area contributed by atoms with Crippen LogP contribution in [0.5, 0.6) is 5.88 Å². The van der Waals surface area contributed by atoms with E-state index < -0.39 is 0 Å². The van der Waals surface area contributed by atoms with E-state index >= 15 is 0 Å². The van der Waals surface area contributed by atoms with E-state index in [1.807, 2.05) is 51.1 Å². The number of carbonyl (C=O) groups is 1. The average molecular weight is 425 g/mol. The largest absolute Gasteiger partial charge is 0.481 e. The highest BCUT2D eigenvalue weighted by Gasteiger charge is 2.18. The monoisotopic (exact) mass is 425 g/mol. The Kier molecular flexibility index (Phi) is 5.61. The second-order valence-corrected chi connectivity index (χ2v) is 7.83. The van der Waals surface area contributed by atoms with Gasteiger partial charge in [-0.3, -0.25) is 4.79 Å². The zero-order valence-corrected chi connectivity index (χ0v) is 18.4. The Hall–Kier alpha value is -4.18. The van der Waals surface area contributed by atoms with Crippen LogP contribution in [0.1, 0.15) is 46.9 Å². The van der Waals surface area contributed by atoms with Crippen LogP contribution in [0.2, 0.25) is 0 Å². The van der Waals surface area contributed by atoms with Gasteiger partial charge in [0, 0.05) is 28.4 Å².